The third kappa shape index (κ3) is 10.7. The number of carbonyl (C=O) groups excluding carboxylic acids is 1. The van der Waals surface area contributed by atoms with Crippen molar-refractivity contribution in [2.45, 2.75) is 32.2 Å². The van der Waals surface area contributed by atoms with Gasteiger partial charge in [-0.2, -0.15) is 0 Å². The van der Waals surface area contributed by atoms with Gasteiger partial charge in [-0.3, -0.25) is 0 Å². The van der Waals surface area contributed by atoms with E-state index >= 15 is 0 Å². The van der Waals surface area contributed by atoms with Crippen molar-refractivity contribution in [2.24, 2.45) is 0 Å². The van der Waals surface area contributed by atoms with Gasteiger partial charge in [0, 0.05) is 0 Å². The minimum Gasteiger partial charge on any atom is -0.391 e. The van der Waals surface area contributed by atoms with Gasteiger partial charge >= 0.3 is 0 Å². The van der Waals surface area contributed by atoms with Crippen LogP contribution in [0.2, 0.25) is 0 Å². The highest BCUT2D eigenvalue weighted by Gasteiger charge is 2.05. The van der Waals surface area contributed by atoms with Crippen LogP contribution in [0.15, 0.2) is 91.0 Å². The van der Waals surface area contributed by atoms with Crippen molar-refractivity contribution in [1.29, 1.82) is 0 Å². The van der Waals surface area contributed by atoms with Gasteiger partial charge in [0.25, 0.3) is 0 Å². The molecule has 4 heteroatoms. The van der Waals surface area contributed by atoms with E-state index in [4.69, 9.17) is 9.47 Å². The Kier molecular flexibility index (Phi) is 11.8. The summed E-state index contributed by atoms with van der Waals surface area (Å²) >= 11 is 0. The zero-order valence-electron chi connectivity index (χ0n) is 17.2. The second kappa shape index (κ2) is 15.1. The fourth-order valence-corrected chi connectivity index (χ4v) is 2.75. The van der Waals surface area contributed by atoms with Gasteiger partial charge in [-0.1, -0.05) is 91.0 Å². The van der Waals surface area contributed by atoms with Gasteiger partial charge in [-0.25, -0.2) is 0 Å². The predicted octanol–water partition coefficient (Wildman–Crippen LogP) is 4.60. The molecule has 4 nitrogen and oxygen atoms in total. The van der Waals surface area contributed by atoms with Crippen LogP contribution in [0.5, 0.6) is 0 Å². The van der Waals surface area contributed by atoms with E-state index in [1.807, 2.05) is 78.9 Å². The summed E-state index contributed by atoms with van der Waals surface area (Å²) in [5.74, 6) is 0. The van der Waals surface area contributed by atoms with Gasteiger partial charge in [0.2, 0.25) is 0 Å². The molecule has 0 fully saturated rings. The molecule has 0 aliphatic heterocycles. The highest BCUT2D eigenvalue weighted by atomic mass is 16.5. The van der Waals surface area contributed by atoms with E-state index in [2.05, 4.69) is 12.1 Å². The fraction of sp³-hybridized carbons (Fsp3) is 0.269. The number of aldehydes is 1. The lowest BCUT2D eigenvalue weighted by Gasteiger charge is -2.11. The van der Waals surface area contributed by atoms with Crippen LogP contribution in [0.3, 0.4) is 0 Å². The van der Waals surface area contributed by atoms with Crippen LogP contribution in [0, 0.1) is 0 Å². The van der Waals surface area contributed by atoms with Crippen molar-refractivity contribution in [1.82, 2.24) is 0 Å². The standard InChI is InChI=1S/C17H20O2.C9H10O2/c18-17(12-11-15-7-3-1-4-8-15)14-19-13-16-9-5-2-6-10-16;10-6-7-11-8-9-4-2-1-3-5-9/h1-10,17-18H,11-14H2;1-6H,7-8H2. The first-order chi connectivity index (χ1) is 14.8. The van der Waals surface area contributed by atoms with Crippen molar-refractivity contribution in [3.63, 3.8) is 0 Å². The Labute approximate surface area is 179 Å². The Hall–Kier alpha value is -2.79. The molecular formula is C26H30O4. The zero-order chi connectivity index (χ0) is 21.3. The number of ether oxygens (including phenoxy) is 2. The average Bonchev–Trinajstić information content (AvgIpc) is 2.80. The summed E-state index contributed by atoms with van der Waals surface area (Å²) < 4.78 is 10.5. The molecule has 0 saturated heterocycles. The van der Waals surface area contributed by atoms with Crippen LogP contribution in [0.25, 0.3) is 0 Å². The SMILES string of the molecule is O=CCOCc1ccccc1.OC(CCc1ccccc1)COCc1ccccc1. The molecule has 1 N–H and O–H groups in total. The van der Waals surface area contributed by atoms with Crippen LogP contribution in [-0.4, -0.2) is 30.7 Å². The third-order valence-electron chi connectivity index (χ3n) is 4.33. The maximum absolute atomic E-state index is 9.87. The highest BCUT2D eigenvalue weighted by molar-refractivity contribution is 5.50. The first-order valence-electron chi connectivity index (χ1n) is 10.2. The molecule has 30 heavy (non-hydrogen) atoms. The van der Waals surface area contributed by atoms with Gasteiger partial charge < -0.3 is 19.4 Å². The summed E-state index contributed by atoms with van der Waals surface area (Å²) in [5, 5.41) is 9.86. The Bertz CT molecular complexity index is 791. The van der Waals surface area contributed by atoms with E-state index in [0.29, 0.717) is 19.8 Å². The third-order valence-corrected chi connectivity index (χ3v) is 4.33. The van der Waals surface area contributed by atoms with E-state index in [0.717, 1.165) is 30.3 Å². The lowest BCUT2D eigenvalue weighted by molar-refractivity contribution is -0.112. The number of hydrogen-bond acceptors (Lipinski definition) is 4. The minimum atomic E-state index is -0.399. The van der Waals surface area contributed by atoms with Crippen molar-refractivity contribution in [3.8, 4) is 0 Å². The van der Waals surface area contributed by atoms with Crippen molar-refractivity contribution < 1.29 is 19.4 Å². The summed E-state index contributed by atoms with van der Waals surface area (Å²) in [6, 6.07) is 30.0. The number of aliphatic hydroxyl groups is 1. The molecule has 3 aromatic rings. The van der Waals surface area contributed by atoms with Gasteiger partial charge in [0.1, 0.15) is 12.9 Å². The van der Waals surface area contributed by atoms with Gasteiger partial charge in [-0.05, 0) is 29.5 Å². The van der Waals surface area contributed by atoms with Crippen LogP contribution in [0.4, 0.5) is 0 Å². The highest BCUT2D eigenvalue weighted by Crippen LogP contribution is 2.07. The van der Waals surface area contributed by atoms with Crippen LogP contribution in [-0.2, 0) is 33.9 Å². The smallest absolute Gasteiger partial charge is 0.145 e. The molecule has 0 heterocycles. The van der Waals surface area contributed by atoms with Gasteiger partial charge in [-0.15, -0.1) is 0 Å². The Balaban J connectivity index is 0.000000248. The number of aliphatic hydroxyl groups excluding tert-OH is 1. The normalized spacial score (nSPS) is 11.2. The molecule has 0 bridgehead atoms. The van der Waals surface area contributed by atoms with E-state index < -0.39 is 6.10 Å². The molecule has 0 amide bonds. The molecule has 3 rings (SSSR count). The maximum Gasteiger partial charge on any atom is 0.145 e. The van der Waals surface area contributed by atoms with Crippen molar-refractivity contribution in [2.75, 3.05) is 13.2 Å². The topological polar surface area (TPSA) is 55.8 Å². The summed E-state index contributed by atoms with van der Waals surface area (Å²) in [6.45, 7) is 1.64. The molecular weight excluding hydrogens is 376 g/mol. The largest absolute Gasteiger partial charge is 0.391 e. The molecule has 158 valence electrons. The summed E-state index contributed by atoms with van der Waals surface area (Å²) in [5.41, 5.74) is 3.48. The minimum absolute atomic E-state index is 0.175. The number of aryl methyl sites for hydroxylation is 1. The number of benzene rings is 3. The van der Waals surface area contributed by atoms with Gasteiger partial charge in [0.15, 0.2) is 0 Å². The summed E-state index contributed by atoms with van der Waals surface area (Å²) in [4.78, 5) is 9.87. The predicted molar refractivity (Wildman–Crippen MR) is 119 cm³/mol. The number of rotatable bonds is 11. The van der Waals surface area contributed by atoms with Crippen LogP contribution >= 0.6 is 0 Å². The van der Waals surface area contributed by atoms with E-state index in [1.165, 1.54) is 5.56 Å². The molecule has 0 spiro atoms. The monoisotopic (exact) mass is 406 g/mol. The quantitative estimate of drug-likeness (QED) is 0.374. The van der Waals surface area contributed by atoms with Crippen molar-refractivity contribution in [3.05, 3.63) is 108 Å². The Morgan fingerprint density at radius 3 is 1.67 bits per heavy atom. The lowest BCUT2D eigenvalue weighted by Crippen LogP contribution is -2.16. The van der Waals surface area contributed by atoms with E-state index in [-0.39, 0.29) is 6.61 Å². The Morgan fingerprint density at radius 1 is 0.700 bits per heavy atom. The first-order valence-corrected chi connectivity index (χ1v) is 10.2. The van der Waals surface area contributed by atoms with Crippen LogP contribution < -0.4 is 0 Å². The second-order valence-electron chi connectivity index (χ2n) is 6.85. The number of hydrogen-bond donors (Lipinski definition) is 1. The zero-order valence-corrected chi connectivity index (χ0v) is 17.2. The molecule has 0 saturated carbocycles. The van der Waals surface area contributed by atoms with E-state index in [9.17, 15) is 9.90 Å². The number of carbonyl (C=O) groups is 1. The summed E-state index contributed by atoms with van der Waals surface area (Å²) in [7, 11) is 0. The Morgan fingerprint density at radius 2 is 1.17 bits per heavy atom. The molecule has 1 unspecified atom stereocenters. The molecule has 0 aliphatic carbocycles. The maximum atomic E-state index is 9.87. The average molecular weight is 407 g/mol. The fourth-order valence-electron chi connectivity index (χ4n) is 2.75. The van der Waals surface area contributed by atoms with Crippen LogP contribution in [0.1, 0.15) is 23.1 Å². The molecule has 0 radical (unpaired) electrons. The first kappa shape index (κ1) is 23.5. The molecule has 1 atom stereocenters. The molecule has 0 aliphatic rings. The summed E-state index contributed by atoms with van der Waals surface area (Å²) in [6.07, 6.45) is 1.97. The van der Waals surface area contributed by atoms with Crippen molar-refractivity contribution >= 4 is 6.29 Å². The lowest BCUT2D eigenvalue weighted by atomic mass is 10.1. The second-order valence-corrected chi connectivity index (χ2v) is 6.85. The molecule has 3 aromatic carbocycles. The molecule has 0 aromatic heterocycles. The van der Waals surface area contributed by atoms with E-state index in [1.54, 1.807) is 0 Å². The van der Waals surface area contributed by atoms with Gasteiger partial charge in [0.05, 0.1) is 25.9 Å².